The fourth-order valence-electron chi connectivity index (χ4n) is 7.32. The molecule has 0 saturated carbocycles. The van der Waals surface area contributed by atoms with E-state index in [4.69, 9.17) is 4.74 Å². The summed E-state index contributed by atoms with van der Waals surface area (Å²) >= 11 is 3.85. The molecular formula is C37H44BrN5O4. The van der Waals surface area contributed by atoms with Gasteiger partial charge in [-0.3, -0.25) is 19.1 Å². The maximum Gasteiger partial charge on any atom is 0.408 e. The van der Waals surface area contributed by atoms with Crippen molar-refractivity contribution in [2.75, 3.05) is 26.7 Å². The minimum atomic E-state index is -0.913. The number of likely N-dealkylation sites (N-methyl/N-ethyl adjacent to an activating group) is 1. The molecule has 2 N–H and O–H groups in total. The molecule has 6 rings (SSSR count). The summed E-state index contributed by atoms with van der Waals surface area (Å²) in [6, 6.07) is 13.0. The van der Waals surface area contributed by atoms with E-state index in [1.54, 1.807) is 25.3 Å². The largest absolute Gasteiger partial charge is 0.444 e. The third-order valence-corrected chi connectivity index (χ3v) is 10.6. The molecule has 3 heterocycles. The van der Waals surface area contributed by atoms with Crippen molar-refractivity contribution in [2.24, 2.45) is 5.92 Å². The highest BCUT2D eigenvalue weighted by atomic mass is 79.9. The molecule has 1 aliphatic carbocycles. The number of rotatable bonds is 7. The number of aromatic amines is 1. The SMILES string of the molecule is CCN(CC)C(=O)[C@@H]1C=C2c3cccc4c3c(c(Br)n4C(=O)[C@H](Cc3c[nH]c4ccccc34)NC(=O)OC(C)(C)C)C[C@@]2(C)N(C)C1. The van der Waals surface area contributed by atoms with E-state index in [0.29, 0.717) is 30.7 Å². The van der Waals surface area contributed by atoms with Crippen molar-refractivity contribution in [3.05, 3.63) is 76.0 Å². The van der Waals surface area contributed by atoms with Gasteiger partial charge in [-0.05, 0) is 105 Å². The number of aromatic nitrogens is 2. The highest BCUT2D eigenvalue weighted by Crippen LogP contribution is 2.50. The van der Waals surface area contributed by atoms with Crippen LogP contribution in [0, 0.1) is 5.92 Å². The smallest absolute Gasteiger partial charge is 0.408 e. The van der Waals surface area contributed by atoms with Gasteiger partial charge in [0, 0.05) is 54.1 Å². The summed E-state index contributed by atoms with van der Waals surface area (Å²) in [5.41, 5.74) is 4.70. The van der Waals surface area contributed by atoms with Gasteiger partial charge in [-0.15, -0.1) is 0 Å². The van der Waals surface area contributed by atoms with E-state index in [0.717, 1.165) is 44.1 Å². The first-order valence-electron chi connectivity index (χ1n) is 16.4. The van der Waals surface area contributed by atoms with Crippen LogP contribution in [0.5, 0.6) is 0 Å². The predicted molar refractivity (Wildman–Crippen MR) is 190 cm³/mol. The molecule has 1 aliphatic heterocycles. The van der Waals surface area contributed by atoms with Gasteiger partial charge in [0.05, 0.1) is 16.0 Å². The summed E-state index contributed by atoms with van der Waals surface area (Å²) in [6.07, 6.45) is 4.33. The molecule has 47 heavy (non-hydrogen) atoms. The lowest BCUT2D eigenvalue weighted by atomic mass is 9.71. The van der Waals surface area contributed by atoms with Gasteiger partial charge in [-0.1, -0.05) is 36.4 Å². The highest BCUT2D eigenvalue weighted by molar-refractivity contribution is 9.10. The minimum absolute atomic E-state index is 0.136. The summed E-state index contributed by atoms with van der Waals surface area (Å²) < 4.78 is 7.99. The number of H-pyrrole nitrogens is 1. The molecular weight excluding hydrogens is 658 g/mol. The monoisotopic (exact) mass is 701 g/mol. The average Bonchev–Trinajstić information content (AvgIpc) is 3.55. The molecule has 0 fully saturated rings. The Morgan fingerprint density at radius 2 is 1.85 bits per heavy atom. The van der Waals surface area contributed by atoms with Gasteiger partial charge in [0.15, 0.2) is 0 Å². The number of benzene rings is 2. The van der Waals surface area contributed by atoms with Gasteiger partial charge in [0.25, 0.3) is 5.91 Å². The molecule has 0 radical (unpaired) electrons. The van der Waals surface area contributed by atoms with Crippen LogP contribution in [0.2, 0.25) is 0 Å². The zero-order chi connectivity index (χ0) is 33.8. The maximum absolute atomic E-state index is 14.7. The molecule has 10 heteroatoms. The Hall–Kier alpha value is -3.89. The minimum Gasteiger partial charge on any atom is -0.444 e. The Balaban J connectivity index is 1.45. The number of carbonyl (C=O) groups is 3. The Morgan fingerprint density at radius 3 is 2.55 bits per heavy atom. The van der Waals surface area contributed by atoms with Crippen LogP contribution in [0.15, 0.2) is 59.3 Å². The molecule has 2 aromatic heterocycles. The van der Waals surface area contributed by atoms with Crippen molar-refractivity contribution in [1.82, 2.24) is 24.7 Å². The number of hydrogen-bond acceptors (Lipinski definition) is 5. The number of hydrogen-bond donors (Lipinski definition) is 2. The number of para-hydroxylation sites is 1. The first kappa shape index (κ1) is 33.0. The van der Waals surface area contributed by atoms with E-state index in [1.807, 2.05) is 61.3 Å². The molecule has 9 nitrogen and oxygen atoms in total. The predicted octanol–water partition coefficient (Wildman–Crippen LogP) is 6.79. The van der Waals surface area contributed by atoms with Gasteiger partial charge < -0.3 is 19.9 Å². The van der Waals surface area contributed by atoms with E-state index in [9.17, 15) is 14.4 Å². The summed E-state index contributed by atoms with van der Waals surface area (Å²) in [5.74, 6) is -0.393. The Morgan fingerprint density at radius 1 is 1.13 bits per heavy atom. The van der Waals surface area contributed by atoms with Gasteiger partial charge in [-0.2, -0.15) is 0 Å². The van der Waals surface area contributed by atoms with E-state index in [2.05, 4.69) is 57.2 Å². The fourth-order valence-corrected chi connectivity index (χ4v) is 8.03. The van der Waals surface area contributed by atoms with Gasteiger partial charge >= 0.3 is 6.09 Å². The lowest BCUT2D eigenvalue weighted by Gasteiger charge is -2.48. The zero-order valence-corrected chi connectivity index (χ0v) is 29.8. The highest BCUT2D eigenvalue weighted by Gasteiger charge is 2.46. The van der Waals surface area contributed by atoms with Crippen molar-refractivity contribution in [3.8, 4) is 0 Å². The van der Waals surface area contributed by atoms with Crippen LogP contribution >= 0.6 is 15.9 Å². The number of alkyl carbamates (subject to hydrolysis) is 1. The molecule has 2 aliphatic rings. The van der Waals surface area contributed by atoms with Crippen molar-refractivity contribution in [1.29, 1.82) is 0 Å². The van der Waals surface area contributed by atoms with Gasteiger partial charge in [0.1, 0.15) is 11.6 Å². The van der Waals surface area contributed by atoms with E-state index in [1.165, 1.54) is 0 Å². The second-order valence-corrected chi connectivity index (χ2v) is 14.7. The number of carbonyl (C=O) groups excluding carboxylic acids is 3. The van der Waals surface area contributed by atoms with Crippen molar-refractivity contribution < 1.29 is 19.1 Å². The van der Waals surface area contributed by atoms with Crippen LogP contribution in [-0.4, -0.2) is 81.1 Å². The molecule has 4 aromatic rings. The maximum atomic E-state index is 14.7. The van der Waals surface area contributed by atoms with Gasteiger partial charge in [-0.25, -0.2) is 4.79 Å². The standard InChI is InChI=1S/C37H44BrN5O4/c1-8-42(9-2)33(44)23-17-27-25-14-12-16-30-31(25)26(19-37(27,6)41(7)21-23)32(38)43(30)34(45)29(40-35(46)47-36(3,4)5)18-22-20-39-28-15-11-10-13-24(22)28/h10-17,20,23,29,39H,8-9,18-19,21H2,1-7H3,(H,40,46)/t23-,29+,37-/m1/s1. The van der Waals surface area contributed by atoms with Crippen LogP contribution in [0.25, 0.3) is 27.4 Å². The lowest BCUT2D eigenvalue weighted by molar-refractivity contribution is -0.134. The number of amides is 2. The van der Waals surface area contributed by atoms with Crippen LogP contribution in [0.4, 0.5) is 4.79 Å². The quantitative estimate of drug-likeness (QED) is 0.221. The summed E-state index contributed by atoms with van der Waals surface area (Å²) in [5, 5.41) is 4.89. The zero-order valence-electron chi connectivity index (χ0n) is 28.2. The number of halogens is 1. The number of nitrogens with zero attached hydrogens (tertiary/aromatic N) is 3. The van der Waals surface area contributed by atoms with Crippen LogP contribution < -0.4 is 5.32 Å². The molecule has 0 unspecified atom stereocenters. The van der Waals surface area contributed by atoms with Crippen molar-refractivity contribution >= 4 is 61.2 Å². The van der Waals surface area contributed by atoms with E-state index < -0.39 is 17.7 Å². The van der Waals surface area contributed by atoms with Crippen molar-refractivity contribution in [3.63, 3.8) is 0 Å². The molecule has 0 saturated heterocycles. The van der Waals surface area contributed by atoms with Gasteiger partial charge in [0.2, 0.25) is 5.91 Å². The molecule has 2 aromatic carbocycles. The summed E-state index contributed by atoms with van der Waals surface area (Å²) in [4.78, 5) is 48.9. The topological polar surface area (TPSA) is 99.7 Å². The Labute approximate surface area is 284 Å². The molecule has 3 atom stereocenters. The molecule has 248 valence electrons. The Kier molecular flexibility index (Phi) is 8.63. The van der Waals surface area contributed by atoms with E-state index >= 15 is 0 Å². The van der Waals surface area contributed by atoms with Crippen LogP contribution in [0.3, 0.4) is 0 Å². The first-order chi connectivity index (χ1) is 22.3. The number of ether oxygens (including phenoxy) is 1. The second kappa shape index (κ2) is 12.3. The average molecular weight is 703 g/mol. The summed E-state index contributed by atoms with van der Waals surface area (Å²) in [6.45, 7) is 13.6. The summed E-state index contributed by atoms with van der Waals surface area (Å²) in [7, 11) is 2.08. The molecule has 0 bridgehead atoms. The third-order valence-electron chi connectivity index (χ3n) is 9.80. The first-order valence-corrected chi connectivity index (χ1v) is 17.2. The van der Waals surface area contributed by atoms with Crippen molar-refractivity contribution in [2.45, 2.75) is 71.6 Å². The molecule has 0 spiro atoms. The fraction of sp³-hybridized carbons (Fsp3) is 0.432. The number of nitrogens with one attached hydrogen (secondary N) is 2. The lowest BCUT2D eigenvalue weighted by Crippen LogP contribution is -2.54. The van der Waals surface area contributed by atoms with E-state index in [-0.39, 0.29) is 29.7 Å². The third kappa shape index (κ3) is 5.80. The Bertz CT molecular complexity index is 1910. The normalized spacial score (nSPS) is 20.1. The van der Waals surface area contributed by atoms with Crippen LogP contribution in [-0.2, 0) is 22.4 Å². The van der Waals surface area contributed by atoms with Crippen LogP contribution in [0.1, 0.15) is 63.0 Å². The molecule has 2 amide bonds. The second-order valence-electron chi connectivity index (χ2n) is 13.9. The number of fused-ring (bicyclic) bond motifs is 3.